The Kier molecular flexibility index (Phi) is 1.32. The molecule has 3 heterocycles. The molecular formula is C7H4N6O. The molecule has 3 rings (SSSR count). The van der Waals surface area contributed by atoms with Crippen LogP contribution >= 0.6 is 0 Å². The second kappa shape index (κ2) is 2.59. The van der Waals surface area contributed by atoms with Crippen LogP contribution in [-0.2, 0) is 0 Å². The fraction of sp³-hybridized carbons (Fsp3) is 0. The standard InChI is InChI=1S/C7H4N6O/c1-8-4-5(7-12-3-14-13-7)9-2-11-6(4)10-1/h1-3H,(H,8,9,10,11). The van der Waals surface area contributed by atoms with Crippen molar-refractivity contribution in [1.82, 2.24) is 30.1 Å². The van der Waals surface area contributed by atoms with Gasteiger partial charge in [-0.05, 0) is 0 Å². The number of hydrogen-bond acceptors (Lipinski definition) is 6. The molecule has 0 spiro atoms. The molecule has 3 aromatic rings. The molecule has 0 amide bonds. The molecule has 0 atom stereocenters. The van der Waals surface area contributed by atoms with Crippen molar-refractivity contribution in [3.8, 4) is 11.5 Å². The van der Waals surface area contributed by atoms with Gasteiger partial charge in [-0.25, -0.2) is 15.0 Å². The molecule has 0 saturated heterocycles. The van der Waals surface area contributed by atoms with Gasteiger partial charge in [0, 0.05) is 0 Å². The van der Waals surface area contributed by atoms with Crippen molar-refractivity contribution < 1.29 is 4.52 Å². The summed E-state index contributed by atoms with van der Waals surface area (Å²) in [5, 5.41) is 3.69. The average Bonchev–Trinajstić information content (AvgIpc) is 2.88. The summed E-state index contributed by atoms with van der Waals surface area (Å²) < 4.78 is 4.64. The molecule has 14 heavy (non-hydrogen) atoms. The third-order valence-corrected chi connectivity index (χ3v) is 1.80. The van der Waals surface area contributed by atoms with Crippen LogP contribution in [0.5, 0.6) is 0 Å². The molecule has 0 fully saturated rings. The quantitative estimate of drug-likeness (QED) is 0.594. The number of nitrogens with zero attached hydrogens (tertiary/aromatic N) is 5. The summed E-state index contributed by atoms with van der Waals surface area (Å²) in [5.74, 6) is 0.418. The first-order chi connectivity index (χ1) is 6.95. The Morgan fingerprint density at radius 1 is 1.14 bits per heavy atom. The van der Waals surface area contributed by atoms with Crippen molar-refractivity contribution in [2.45, 2.75) is 0 Å². The predicted molar refractivity (Wildman–Crippen MR) is 45.0 cm³/mol. The number of hydrogen-bond donors (Lipinski definition) is 1. The van der Waals surface area contributed by atoms with Crippen LogP contribution < -0.4 is 0 Å². The third kappa shape index (κ3) is 0.889. The van der Waals surface area contributed by atoms with Crippen LogP contribution in [0, 0.1) is 0 Å². The summed E-state index contributed by atoms with van der Waals surface area (Å²) in [5.41, 5.74) is 1.87. The Bertz CT molecular complexity index is 556. The van der Waals surface area contributed by atoms with E-state index in [1.54, 1.807) is 6.33 Å². The molecule has 0 aliphatic heterocycles. The second-order valence-corrected chi connectivity index (χ2v) is 2.58. The molecule has 0 aromatic carbocycles. The molecule has 7 nitrogen and oxygen atoms in total. The van der Waals surface area contributed by atoms with Gasteiger partial charge in [0.15, 0.2) is 5.65 Å². The zero-order valence-electron chi connectivity index (χ0n) is 6.88. The van der Waals surface area contributed by atoms with Gasteiger partial charge >= 0.3 is 0 Å². The van der Waals surface area contributed by atoms with Crippen molar-refractivity contribution in [3.05, 3.63) is 19.0 Å². The van der Waals surface area contributed by atoms with Crippen molar-refractivity contribution in [2.75, 3.05) is 0 Å². The highest BCUT2D eigenvalue weighted by Gasteiger charge is 2.11. The van der Waals surface area contributed by atoms with E-state index in [9.17, 15) is 0 Å². The highest BCUT2D eigenvalue weighted by molar-refractivity contribution is 5.83. The lowest BCUT2D eigenvalue weighted by molar-refractivity contribution is 0.418. The minimum absolute atomic E-state index is 0.418. The van der Waals surface area contributed by atoms with Gasteiger partial charge < -0.3 is 9.51 Å². The van der Waals surface area contributed by atoms with Crippen molar-refractivity contribution in [1.29, 1.82) is 0 Å². The highest BCUT2D eigenvalue weighted by Crippen LogP contribution is 2.18. The van der Waals surface area contributed by atoms with Crippen LogP contribution in [0.4, 0.5) is 0 Å². The van der Waals surface area contributed by atoms with Gasteiger partial charge in [-0.3, -0.25) is 0 Å². The van der Waals surface area contributed by atoms with Gasteiger partial charge in [-0.1, -0.05) is 5.16 Å². The smallest absolute Gasteiger partial charge is 0.223 e. The normalized spacial score (nSPS) is 10.9. The van der Waals surface area contributed by atoms with Gasteiger partial charge in [-0.15, -0.1) is 0 Å². The second-order valence-electron chi connectivity index (χ2n) is 2.58. The minimum Gasteiger partial charge on any atom is -0.342 e. The summed E-state index contributed by atoms with van der Waals surface area (Å²) in [4.78, 5) is 18.8. The van der Waals surface area contributed by atoms with E-state index in [-0.39, 0.29) is 0 Å². The van der Waals surface area contributed by atoms with E-state index in [0.717, 1.165) is 0 Å². The van der Waals surface area contributed by atoms with E-state index in [1.807, 2.05) is 0 Å². The number of rotatable bonds is 1. The fourth-order valence-electron chi connectivity index (χ4n) is 1.21. The first-order valence-corrected chi connectivity index (χ1v) is 3.86. The van der Waals surface area contributed by atoms with E-state index >= 15 is 0 Å². The van der Waals surface area contributed by atoms with Crippen LogP contribution in [-0.4, -0.2) is 30.1 Å². The van der Waals surface area contributed by atoms with E-state index in [2.05, 4.69) is 34.6 Å². The summed E-state index contributed by atoms with van der Waals surface area (Å²) in [7, 11) is 0. The maximum absolute atomic E-state index is 4.64. The zero-order chi connectivity index (χ0) is 9.38. The molecule has 0 bridgehead atoms. The largest absolute Gasteiger partial charge is 0.342 e. The van der Waals surface area contributed by atoms with Crippen LogP contribution in [0.15, 0.2) is 23.6 Å². The topological polar surface area (TPSA) is 93.4 Å². The molecule has 0 saturated carbocycles. The summed E-state index contributed by atoms with van der Waals surface area (Å²) >= 11 is 0. The number of fused-ring (bicyclic) bond motifs is 1. The predicted octanol–water partition coefficient (Wildman–Crippen LogP) is 0.403. The van der Waals surface area contributed by atoms with Gasteiger partial charge in [-0.2, -0.15) is 4.98 Å². The highest BCUT2D eigenvalue weighted by atomic mass is 16.5. The Balaban J connectivity index is 2.36. The monoisotopic (exact) mass is 188 g/mol. The molecule has 7 heteroatoms. The Labute approximate surface area is 77.2 Å². The average molecular weight is 188 g/mol. The molecular weight excluding hydrogens is 184 g/mol. The first-order valence-electron chi connectivity index (χ1n) is 3.86. The number of nitrogens with one attached hydrogen (secondary N) is 1. The number of aromatic nitrogens is 6. The van der Waals surface area contributed by atoms with Gasteiger partial charge in [0.25, 0.3) is 0 Å². The minimum atomic E-state index is 0.418. The van der Waals surface area contributed by atoms with Crippen LogP contribution in [0.2, 0.25) is 0 Å². The summed E-state index contributed by atoms with van der Waals surface area (Å²) in [6.07, 6.45) is 4.21. The Morgan fingerprint density at radius 2 is 2.14 bits per heavy atom. The van der Waals surface area contributed by atoms with Crippen LogP contribution in [0.25, 0.3) is 22.7 Å². The SMILES string of the molecule is c1nc(-c2ncon2)c2[nH]cnc2n1. The summed E-state index contributed by atoms with van der Waals surface area (Å²) in [6.45, 7) is 0. The van der Waals surface area contributed by atoms with Crippen LogP contribution in [0.3, 0.4) is 0 Å². The van der Waals surface area contributed by atoms with Crippen molar-refractivity contribution in [3.63, 3.8) is 0 Å². The maximum atomic E-state index is 4.64. The number of imidazole rings is 1. The fourth-order valence-corrected chi connectivity index (χ4v) is 1.21. The first kappa shape index (κ1) is 7.13. The van der Waals surface area contributed by atoms with E-state index in [1.165, 1.54) is 12.7 Å². The van der Waals surface area contributed by atoms with Gasteiger partial charge in [0.2, 0.25) is 12.2 Å². The van der Waals surface area contributed by atoms with Gasteiger partial charge in [0.05, 0.1) is 6.33 Å². The third-order valence-electron chi connectivity index (χ3n) is 1.80. The molecule has 0 aliphatic rings. The molecule has 1 N–H and O–H groups in total. The van der Waals surface area contributed by atoms with E-state index in [4.69, 9.17) is 0 Å². The number of H-pyrrole nitrogens is 1. The van der Waals surface area contributed by atoms with Crippen molar-refractivity contribution in [2.24, 2.45) is 0 Å². The van der Waals surface area contributed by atoms with Crippen LogP contribution in [0.1, 0.15) is 0 Å². The lowest BCUT2D eigenvalue weighted by Crippen LogP contribution is -1.89. The maximum Gasteiger partial charge on any atom is 0.223 e. The lowest BCUT2D eigenvalue weighted by atomic mass is 10.3. The molecule has 0 unspecified atom stereocenters. The summed E-state index contributed by atoms with van der Waals surface area (Å²) in [6, 6.07) is 0. The Morgan fingerprint density at radius 3 is 3.00 bits per heavy atom. The molecule has 0 radical (unpaired) electrons. The molecule has 0 aliphatic carbocycles. The van der Waals surface area contributed by atoms with Crippen molar-refractivity contribution >= 4 is 11.2 Å². The lowest BCUT2D eigenvalue weighted by Gasteiger charge is -1.93. The van der Waals surface area contributed by atoms with Gasteiger partial charge in [0.1, 0.15) is 17.5 Å². The molecule has 3 aromatic heterocycles. The number of aromatic amines is 1. The Hall–Kier alpha value is -2.31. The van der Waals surface area contributed by atoms with E-state index in [0.29, 0.717) is 22.7 Å². The zero-order valence-corrected chi connectivity index (χ0v) is 6.88. The molecule has 68 valence electrons. The van der Waals surface area contributed by atoms with E-state index < -0.39 is 0 Å².